The number of nitrogens with zero attached hydrogens (tertiary/aromatic N) is 2. The minimum Gasteiger partial charge on any atom is -0.474 e. The van der Waals surface area contributed by atoms with E-state index in [-0.39, 0.29) is 47.0 Å². The van der Waals surface area contributed by atoms with E-state index in [9.17, 15) is 14.4 Å². The van der Waals surface area contributed by atoms with Crippen LogP contribution in [0.5, 0.6) is 5.88 Å². The molecule has 28 heavy (non-hydrogen) atoms. The number of hydrogen-bond donors (Lipinski definition) is 2. The van der Waals surface area contributed by atoms with Crippen molar-refractivity contribution < 1.29 is 19.1 Å². The molecular formula is C20H24N4O4. The van der Waals surface area contributed by atoms with Crippen molar-refractivity contribution >= 4 is 17.8 Å². The number of aromatic nitrogens is 1. The third-order valence-electron chi connectivity index (χ3n) is 6.03. The maximum absolute atomic E-state index is 12.4. The molecule has 4 amide bonds. The van der Waals surface area contributed by atoms with Gasteiger partial charge in [0.25, 0.3) is 5.91 Å². The molecule has 8 nitrogen and oxygen atoms in total. The van der Waals surface area contributed by atoms with E-state index in [1.54, 1.807) is 24.4 Å². The van der Waals surface area contributed by atoms with Crippen LogP contribution in [0.25, 0.3) is 0 Å². The van der Waals surface area contributed by atoms with E-state index in [0.29, 0.717) is 12.8 Å². The monoisotopic (exact) mass is 384 g/mol. The van der Waals surface area contributed by atoms with Gasteiger partial charge in [-0.25, -0.2) is 9.78 Å². The second-order valence-electron chi connectivity index (χ2n) is 8.07. The molecule has 0 aromatic carbocycles. The van der Waals surface area contributed by atoms with Crippen molar-refractivity contribution in [3.05, 3.63) is 36.5 Å². The number of urea groups is 1. The minimum atomic E-state index is -0.565. The number of nitrogens with one attached hydrogen (secondary N) is 1. The van der Waals surface area contributed by atoms with Gasteiger partial charge in [0.2, 0.25) is 11.8 Å². The summed E-state index contributed by atoms with van der Waals surface area (Å²) in [7, 11) is 0. The Morgan fingerprint density at radius 1 is 1.39 bits per heavy atom. The van der Waals surface area contributed by atoms with Crippen molar-refractivity contribution in [3.63, 3.8) is 0 Å². The van der Waals surface area contributed by atoms with E-state index in [2.05, 4.69) is 16.9 Å². The van der Waals surface area contributed by atoms with Gasteiger partial charge in [0, 0.05) is 24.7 Å². The summed E-state index contributed by atoms with van der Waals surface area (Å²) in [5.74, 6) is -0.406. The van der Waals surface area contributed by atoms with Gasteiger partial charge in [-0.1, -0.05) is 6.08 Å². The molecule has 1 spiro atoms. The van der Waals surface area contributed by atoms with E-state index in [4.69, 9.17) is 10.5 Å². The molecule has 2 aliphatic carbocycles. The van der Waals surface area contributed by atoms with Crippen molar-refractivity contribution in [3.8, 4) is 5.88 Å². The highest BCUT2D eigenvalue weighted by Crippen LogP contribution is 2.58. The molecule has 1 atom stereocenters. The van der Waals surface area contributed by atoms with Crippen molar-refractivity contribution in [2.75, 3.05) is 0 Å². The Balaban J connectivity index is 1.30. The van der Waals surface area contributed by atoms with Crippen molar-refractivity contribution in [1.29, 1.82) is 0 Å². The molecule has 1 aromatic heterocycles. The third-order valence-corrected chi connectivity index (χ3v) is 6.03. The number of carbonyl (C=O) groups excluding carboxylic acids is 3. The van der Waals surface area contributed by atoms with E-state index in [1.165, 1.54) is 4.90 Å². The van der Waals surface area contributed by atoms with Gasteiger partial charge in [0.1, 0.15) is 11.7 Å². The summed E-state index contributed by atoms with van der Waals surface area (Å²) in [4.78, 5) is 41.7. The normalized spacial score (nSPS) is 31.6. The second kappa shape index (κ2) is 6.92. The summed E-state index contributed by atoms with van der Waals surface area (Å²) in [5.41, 5.74) is 5.74. The molecule has 0 unspecified atom stereocenters. The Bertz CT molecular complexity index is 807. The van der Waals surface area contributed by atoms with E-state index < -0.39 is 5.91 Å². The number of hydrogen-bond acceptors (Lipinski definition) is 5. The minimum absolute atomic E-state index is 0.0307. The maximum Gasteiger partial charge on any atom is 0.324 e. The number of ether oxygens (including phenoxy) is 1. The Morgan fingerprint density at radius 2 is 2.14 bits per heavy atom. The Labute approximate surface area is 163 Å². The molecule has 8 heteroatoms. The summed E-state index contributed by atoms with van der Waals surface area (Å²) in [5, 5.41) is 2.89. The highest BCUT2D eigenvalue weighted by Gasteiger charge is 2.57. The third kappa shape index (κ3) is 3.23. The van der Waals surface area contributed by atoms with Crippen LogP contribution in [0.3, 0.4) is 0 Å². The Morgan fingerprint density at radius 3 is 2.79 bits per heavy atom. The predicted octanol–water partition coefficient (Wildman–Crippen LogP) is 1.76. The number of amides is 4. The van der Waals surface area contributed by atoms with Crippen LogP contribution in [-0.4, -0.2) is 45.9 Å². The van der Waals surface area contributed by atoms with E-state index in [0.717, 1.165) is 25.7 Å². The first-order valence-electron chi connectivity index (χ1n) is 9.56. The lowest BCUT2D eigenvalue weighted by atomic mass is 9.52. The number of rotatable bonds is 6. The number of primary amides is 1. The molecule has 1 saturated heterocycles. The number of imide groups is 1. The van der Waals surface area contributed by atoms with Crippen LogP contribution < -0.4 is 15.8 Å². The van der Waals surface area contributed by atoms with Crippen molar-refractivity contribution in [2.45, 2.75) is 56.7 Å². The van der Waals surface area contributed by atoms with Crippen LogP contribution in [0, 0.1) is 5.41 Å². The highest BCUT2D eigenvalue weighted by atomic mass is 16.5. The molecule has 1 aromatic rings. The van der Waals surface area contributed by atoms with Gasteiger partial charge >= 0.3 is 6.03 Å². The van der Waals surface area contributed by atoms with Crippen LogP contribution >= 0.6 is 0 Å². The summed E-state index contributed by atoms with van der Waals surface area (Å²) < 4.78 is 5.86. The predicted molar refractivity (Wildman–Crippen MR) is 100 cm³/mol. The smallest absolute Gasteiger partial charge is 0.324 e. The molecule has 0 bridgehead atoms. The topological polar surface area (TPSA) is 115 Å². The summed E-state index contributed by atoms with van der Waals surface area (Å²) in [6.45, 7) is 3.66. The summed E-state index contributed by atoms with van der Waals surface area (Å²) in [6.07, 6.45) is 7.40. The van der Waals surface area contributed by atoms with E-state index in [1.807, 2.05) is 0 Å². The van der Waals surface area contributed by atoms with Gasteiger partial charge in [0.05, 0.1) is 0 Å². The highest BCUT2D eigenvalue weighted by molar-refractivity contribution is 5.98. The second-order valence-corrected chi connectivity index (χ2v) is 8.07. The largest absolute Gasteiger partial charge is 0.474 e. The SMILES string of the molecule is C=CC[C@@H]1CC(=O)N([C@H]2CC3(C[C@H](Oc4ncccc4C(N)=O)C3)C2)C(=O)N1. The van der Waals surface area contributed by atoms with Gasteiger partial charge in [-0.15, -0.1) is 6.58 Å². The van der Waals surface area contributed by atoms with E-state index >= 15 is 0 Å². The zero-order valence-electron chi connectivity index (χ0n) is 15.6. The maximum atomic E-state index is 12.4. The average molecular weight is 384 g/mol. The van der Waals surface area contributed by atoms with Crippen LogP contribution in [0.15, 0.2) is 31.0 Å². The Hall–Kier alpha value is -2.90. The molecule has 3 fully saturated rings. The van der Waals surface area contributed by atoms with Crippen LogP contribution in [0.2, 0.25) is 0 Å². The lowest BCUT2D eigenvalue weighted by molar-refractivity contribution is -0.145. The standard InChI is InChI=1S/C20H24N4O4/c1-2-4-12-7-16(25)24(19(27)23-12)13-8-20(9-13)10-14(11-20)28-18-15(17(21)26)5-3-6-22-18/h2-3,5-6,12-14H,1,4,7-11H2,(H2,21,26)(H,23,27)/t12-,13-,14-,20?/m1/s1. The zero-order chi connectivity index (χ0) is 19.9. The summed E-state index contributed by atoms with van der Waals surface area (Å²) >= 11 is 0. The lowest BCUT2D eigenvalue weighted by Crippen LogP contribution is -2.65. The van der Waals surface area contributed by atoms with Crippen LogP contribution in [0.4, 0.5) is 4.79 Å². The first kappa shape index (κ1) is 18.5. The van der Waals surface area contributed by atoms with Crippen LogP contribution in [-0.2, 0) is 4.79 Å². The molecule has 0 radical (unpaired) electrons. The molecule has 4 rings (SSSR count). The molecule has 3 N–H and O–H groups in total. The number of carbonyl (C=O) groups is 3. The van der Waals surface area contributed by atoms with Crippen LogP contribution in [0.1, 0.15) is 48.9 Å². The Kier molecular flexibility index (Phi) is 4.56. The summed E-state index contributed by atoms with van der Waals surface area (Å²) in [6, 6.07) is 2.75. The van der Waals surface area contributed by atoms with Gasteiger partial charge in [-0.2, -0.15) is 0 Å². The molecule has 1 aliphatic heterocycles. The fraction of sp³-hybridized carbons (Fsp3) is 0.500. The van der Waals surface area contributed by atoms with Crippen molar-refractivity contribution in [2.24, 2.45) is 11.1 Å². The molecule has 148 valence electrons. The quantitative estimate of drug-likeness (QED) is 0.725. The molecule has 2 heterocycles. The first-order chi connectivity index (χ1) is 13.4. The van der Waals surface area contributed by atoms with Crippen molar-refractivity contribution in [1.82, 2.24) is 15.2 Å². The first-order valence-corrected chi connectivity index (χ1v) is 9.56. The van der Waals surface area contributed by atoms with Gasteiger partial charge in [-0.3, -0.25) is 14.5 Å². The molecule has 3 aliphatic rings. The number of pyridine rings is 1. The lowest BCUT2D eigenvalue weighted by Gasteiger charge is -2.59. The van der Waals surface area contributed by atoms with Gasteiger partial charge in [-0.05, 0) is 49.7 Å². The molecule has 2 saturated carbocycles. The van der Waals surface area contributed by atoms with Gasteiger partial charge in [0.15, 0.2) is 0 Å². The fourth-order valence-electron chi connectivity index (χ4n) is 4.71. The number of nitrogens with two attached hydrogens (primary N) is 1. The molecular weight excluding hydrogens is 360 g/mol. The van der Waals surface area contributed by atoms with Gasteiger partial charge < -0.3 is 15.8 Å². The average Bonchev–Trinajstić information content (AvgIpc) is 2.57. The zero-order valence-corrected chi connectivity index (χ0v) is 15.6. The fourth-order valence-corrected chi connectivity index (χ4v) is 4.71.